The van der Waals surface area contributed by atoms with E-state index in [1.165, 1.54) is 5.57 Å². The van der Waals surface area contributed by atoms with Crippen LogP contribution >= 0.6 is 0 Å². The number of ketones is 1. The molecule has 0 aromatic carbocycles. The number of aliphatic hydroxyl groups is 1. The molecule has 0 saturated heterocycles. The lowest BCUT2D eigenvalue weighted by Crippen LogP contribution is -2.62. The topological polar surface area (TPSA) is 63.6 Å². The number of hydrogen-bond donors (Lipinski definition) is 1. The average molecular weight is 559 g/mol. The van der Waals surface area contributed by atoms with Crippen molar-refractivity contribution in [2.75, 3.05) is 6.61 Å². The molecular formula is C37H50O4. The minimum absolute atomic E-state index is 0.0213. The molecule has 0 aromatic rings. The Bertz CT molecular complexity index is 1340. The first-order valence-electron chi connectivity index (χ1n) is 15.7. The molecule has 4 heteroatoms. The normalized spacial score (nSPS) is 41.1. The van der Waals surface area contributed by atoms with Crippen LogP contribution in [0.3, 0.4) is 0 Å². The van der Waals surface area contributed by atoms with Crippen molar-refractivity contribution >= 4 is 11.8 Å². The van der Waals surface area contributed by atoms with Gasteiger partial charge in [0.05, 0.1) is 12.0 Å². The van der Waals surface area contributed by atoms with Gasteiger partial charge in [-0.05, 0) is 105 Å². The lowest BCUT2D eigenvalue weighted by Gasteiger charge is -2.70. The van der Waals surface area contributed by atoms with E-state index in [1.54, 1.807) is 6.08 Å². The number of esters is 1. The highest BCUT2D eigenvalue weighted by atomic mass is 16.5. The van der Waals surface area contributed by atoms with Crippen LogP contribution in [0.4, 0.5) is 0 Å². The molecule has 41 heavy (non-hydrogen) atoms. The van der Waals surface area contributed by atoms with Gasteiger partial charge in [0.2, 0.25) is 5.78 Å². The zero-order chi connectivity index (χ0) is 30.0. The van der Waals surface area contributed by atoms with Gasteiger partial charge >= 0.3 is 5.97 Å². The number of carbonyl (C=O) groups excluding carboxylic acids is 2. The van der Waals surface area contributed by atoms with Gasteiger partial charge in [-0.3, -0.25) is 9.59 Å². The fraction of sp³-hybridized carbons (Fsp3) is 0.622. The van der Waals surface area contributed by atoms with Gasteiger partial charge in [-0.25, -0.2) is 0 Å². The summed E-state index contributed by atoms with van der Waals surface area (Å²) in [5, 5.41) is 10.4. The summed E-state index contributed by atoms with van der Waals surface area (Å²) < 4.78 is 5.98. The molecule has 0 amide bonds. The summed E-state index contributed by atoms with van der Waals surface area (Å²) >= 11 is 0. The molecule has 0 heterocycles. The van der Waals surface area contributed by atoms with Crippen molar-refractivity contribution in [2.24, 2.45) is 38.9 Å². The van der Waals surface area contributed by atoms with E-state index in [2.05, 4.69) is 59.8 Å². The Labute approximate surface area is 247 Å². The Morgan fingerprint density at radius 1 is 1.05 bits per heavy atom. The molecule has 3 saturated carbocycles. The number of ether oxygens (including phenoxy) is 1. The molecule has 3 fully saturated rings. The lowest BCUT2D eigenvalue weighted by atomic mass is 9.34. The fourth-order valence-electron chi connectivity index (χ4n) is 9.44. The maximum Gasteiger partial charge on any atom is 0.311 e. The van der Waals surface area contributed by atoms with E-state index in [1.807, 2.05) is 32.1 Å². The summed E-state index contributed by atoms with van der Waals surface area (Å²) in [5.74, 6) is 0.129. The second-order valence-corrected chi connectivity index (χ2v) is 15.1. The van der Waals surface area contributed by atoms with Crippen molar-refractivity contribution in [1.29, 1.82) is 0 Å². The third-order valence-electron chi connectivity index (χ3n) is 12.6. The Kier molecular flexibility index (Phi) is 7.27. The molecule has 222 valence electrons. The number of hydrogen-bond acceptors (Lipinski definition) is 4. The van der Waals surface area contributed by atoms with Crippen LogP contribution in [0.15, 0.2) is 70.6 Å². The van der Waals surface area contributed by atoms with Crippen LogP contribution in [0.2, 0.25) is 0 Å². The largest absolute Gasteiger partial charge is 0.504 e. The molecule has 0 radical (unpaired) electrons. The second-order valence-electron chi connectivity index (χ2n) is 15.1. The summed E-state index contributed by atoms with van der Waals surface area (Å²) in [4.78, 5) is 26.4. The van der Waals surface area contributed by atoms with Gasteiger partial charge in [0.25, 0.3) is 0 Å². The highest BCUT2D eigenvalue weighted by Crippen LogP contribution is 2.75. The molecule has 1 unspecified atom stereocenters. The predicted molar refractivity (Wildman–Crippen MR) is 165 cm³/mol. The van der Waals surface area contributed by atoms with Crippen molar-refractivity contribution in [2.45, 2.75) is 100 Å². The number of carbonyl (C=O) groups is 2. The highest BCUT2D eigenvalue weighted by molar-refractivity contribution is 6.06. The highest BCUT2D eigenvalue weighted by Gasteiger charge is 2.67. The Balaban J connectivity index is 1.46. The SMILES string of the molecule is C/C=C\C=C/C(C)COC(=O)[C@]1(C)CC[C@]2(C)CC[C@]3(C)C4=CC=C5C(=CC(=O)C(O)=C5C)[C@]4(C)CC[C@@]3(C)[C@@H]2C1. The van der Waals surface area contributed by atoms with Gasteiger partial charge < -0.3 is 9.84 Å². The molecule has 5 rings (SSSR count). The minimum atomic E-state index is -0.481. The van der Waals surface area contributed by atoms with Crippen molar-refractivity contribution in [3.05, 3.63) is 70.6 Å². The maximum atomic E-state index is 13.7. The lowest BCUT2D eigenvalue weighted by molar-refractivity contribution is -0.182. The summed E-state index contributed by atoms with van der Waals surface area (Å²) in [7, 11) is 0. The standard InChI is InChI=1S/C37H50O4/c1-9-10-11-12-24(2)23-41-32(40)34(5)16-15-33(4)17-19-36(7)29-14-13-26-25(3)31(39)28(38)21-27(26)35(29,6)18-20-37(36,8)30(33)22-34/h9-14,21,24,30,39H,15-20,22-23H2,1-8H3/b10-9-,12-11-/t24?,30-,33-,34-,35+,36-,37+/m1/s1. The molecule has 7 atom stereocenters. The summed E-state index contributed by atoms with van der Waals surface area (Å²) in [6, 6.07) is 0. The summed E-state index contributed by atoms with van der Waals surface area (Å²) in [6.07, 6.45) is 21.3. The number of rotatable bonds is 5. The third kappa shape index (κ3) is 4.38. The first-order valence-corrected chi connectivity index (χ1v) is 15.7. The van der Waals surface area contributed by atoms with Crippen LogP contribution in [0.5, 0.6) is 0 Å². The van der Waals surface area contributed by atoms with Crippen LogP contribution in [0.25, 0.3) is 0 Å². The maximum absolute atomic E-state index is 13.7. The van der Waals surface area contributed by atoms with Crippen LogP contribution in [-0.4, -0.2) is 23.5 Å². The number of aliphatic hydroxyl groups excluding tert-OH is 1. The molecule has 0 aromatic heterocycles. The van der Waals surface area contributed by atoms with Gasteiger partial charge in [-0.15, -0.1) is 0 Å². The smallest absolute Gasteiger partial charge is 0.311 e. The Morgan fingerprint density at radius 3 is 2.46 bits per heavy atom. The quantitative estimate of drug-likeness (QED) is 0.270. The van der Waals surface area contributed by atoms with Crippen LogP contribution in [0.1, 0.15) is 100 Å². The predicted octanol–water partition coefficient (Wildman–Crippen LogP) is 8.92. The minimum Gasteiger partial charge on any atom is -0.504 e. The van der Waals surface area contributed by atoms with Crippen molar-refractivity contribution < 1.29 is 19.4 Å². The van der Waals surface area contributed by atoms with Crippen LogP contribution in [0, 0.1) is 38.9 Å². The van der Waals surface area contributed by atoms with E-state index in [4.69, 9.17) is 4.74 Å². The molecule has 5 aliphatic rings. The van der Waals surface area contributed by atoms with E-state index in [-0.39, 0.29) is 45.1 Å². The van der Waals surface area contributed by atoms with E-state index in [9.17, 15) is 14.7 Å². The van der Waals surface area contributed by atoms with Gasteiger partial charge in [-0.2, -0.15) is 0 Å². The second kappa shape index (κ2) is 9.99. The zero-order valence-electron chi connectivity index (χ0n) is 26.5. The van der Waals surface area contributed by atoms with Crippen LogP contribution < -0.4 is 0 Å². The van der Waals surface area contributed by atoms with E-state index >= 15 is 0 Å². The number of allylic oxidation sites excluding steroid dienone is 10. The molecule has 0 bridgehead atoms. The molecule has 0 spiro atoms. The third-order valence-corrected chi connectivity index (χ3v) is 12.6. The van der Waals surface area contributed by atoms with Gasteiger partial charge in [0.15, 0.2) is 5.76 Å². The first-order chi connectivity index (χ1) is 19.2. The van der Waals surface area contributed by atoms with Gasteiger partial charge in [0.1, 0.15) is 0 Å². The average Bonchev–Trinajstić information content (AvgIpc) is 2.93. The molecular weight excluding hydrogens is 508 g/mol. The molecule has 1 N–H and O–H groups in total. The first kappa shape index (κ1) is 29.9. The fourth-order valence-corrected chi connectivity index (χ4v) is 9.44. The van der Waals surface area contributed by atoms with Crippen molar-refractivity contribution in [1.82, 2.24) is 0 Å². The van der Waals surface area contributed by atoms with Crippen LogP contribution in [-0.2, 0) is 14.3 Å². The monoisotopic (exact) mass is 558 g/mol. The van der Waals surface area contributed by atoms with Crippen molar-refractivity contribution in [3.8, 4) is 0 Å². The van der Waals surface area contributed by atoms with E-state index in [0.717, 1.165) is 56.1 Å². The number of fused-ring (bicyclic) bond motifs is 7. The Hall–Kier alpha value is -2.62. The zero-order valence-corrected chi connectivity index (χ0v) is 26.5. The summed E-state index contributed by atoms with van der Waals surface area (Å²) in [6.45, 7) is 18.2. The molecule has 5 aliphatic carbocycles. The Morgan fingerprint density at radius 2 is 1.76 bits per heavy atom. The van der Waals surface area contributed by atoms with Gasteiger partial charge in [-0.1, -0.05) is 76.6 Å². The van der Waals surface area contributed by atoms with E-state index in [0.29, 0.717) is 18.1 Å². The summed E-state index contributed by atoms with van der Waals surface area (Å²) in [5.41, 5.74) is 3.63. The van der Waals surface area contributed by atoms with Gasteiger partial charge in [0, 0.05) is 16.9 Å². The molecule has 4 nitrogen and oxygen atoms in total. The van der Waals surface area contributed by atoms with E-state index < -0.39 is 5.41 Å². The molecule has 0 aliphatic heterocycles. The van der Waals surface area contributed by atoms with Crippen molar-refractivity contribution in [3.63, 3.8) is 0 Å².